The van der Waals surface area contributed by atoms with Crippen molar-refractivity contribution in [3.05, 3.63) is 29.6 Å². The molecule has 3 nitrogen and oxygen atoms in total. The third-order valence-electron chi connectivity index (χ3n) is 4.54. The largest absolute Gasteiger partial charge is 0.396 e. The summed E-state index contributed by atoms with van der Waals surface area (Å²) >= 11 is 0. The van der Waals surface area contributed by atoms with Gasteiger partial charge < -0.3 is 10.6 Å². The van der Waals surface area contributed by atoms with Crippen LogP contribution in [-0.4, -0.2) is 23.4 Å². The fraction of sp³-hybridized carbons (Fsp3) is 0.533. The van der Waals surface area contributed by atoms with Crippen molar-refractivity contribution in [1.29, 1.82) is 0 Å². The number of carbonyl (C=O) groups excluding carboxylic acids is 1. The lowest BCUT2D eigenvalue weighted by atomic mass is 9.91. The quantitative estimate of drug-likeness (QED) is 0.791. The molecule has 0 radical (unpaired) electrons. The van der Waals surface area contributed by atoms with Crippen LogP contribution in [0.25, 0.3) is 0 Å². The van der Waals surface area contributed by atoms with E-state index in [0.717, 1.165) is 19.4 Å². The Balaban J connectivity index is 1.88. The van der Waals surface area contributed by atoms with Crippen LogP contribution in [-0.2, 0) is 0 Å². The summed E-state index contributed by atoms with van der Waals surface area (Å²) in [4.78, 5) is 14.5. The van der Waals surface area contributed by atoms with Crippen molar-refractivity contribution in [2.45, 2.75) is 38.1 Å². The Bertz CT molecular complexity index is 503. The van der Waals surface area contributed by atoms with Gasteiger partial charge in [0.25, 0.3) is 5.91 Å². The summed E-state index contributed by atoms with van der Waals surface area (Å²) in [5.74, 6) is 0.0203. The Morgan fingerprint density at radius 2 is 2.05 bits per heavy atom. The number of hydrogen-bond donors (Lipinski definition) is 1. The number of nitrogens with zero attached hydrogens (tertiary/aromatic N) is 1. The van der Waals surface area contributed by atoms with E-state index in [0.29, 0.717) is 17.5 Å². The molecular weight excluding hydrogens is 243 g/mol. The van der Waals surface area contributed by atoms with Crippen LogP contribution in [0.4, 0.5) is 10.1 Å². The van der Waals surface area contributed by atoms with Crippen LogP contribution in [0.15, 0.2) is 18.2 Å². The van der Waals surface area contributed by atoms with E-state index in [1.54, 1.807) is 12.1 Å². The summed E-state index contributed by atoms with van der Waals surface area (Å²) < 4.78 is 13.5. The van der Waals surface area contributed by atoms with Gasteiger partial charge in [0, 0.05) is 12.6 Å². The maximum absolute atomic E-state index is 13.5. The average molecular weight is 262 g/mol. The number of nitrogens with two attached hydrogens (primary N) is 1. The van der Waals surface area contributed by atoms with Crippen molar-refractivity contribution >= 4 is 11.6 Å². The Kier molecular flexibility index (Phi) is 3.17. The lowest BCUT2D eigenvalue weighted by Gasteiger charge is -2.38. The standard InChI is InChI=1S/C15H19FN2O/c16-12-7-2-6-11(14(12)17)15(19)18-9-3-5-10-4-1-8-13(10)18/h2,6-7,10,13H,1,3-5,8-9,17H2. The molecule has 1 aliphatic carbocycles. The molecule has 2 N–H and O–H groups in total. The highest BCUT2D eigenvalue weighted by Crippen LogP contribution is 2.37. The monoisotopic (exact) mass is 262 g/mol. The van der Waals surface area contributed by atoms with Crippen molar-refractivity contribution in [3.63, 3.8) is 0 Å². The summed E-state index contributed by atoms with van der Waals surface area (Å²) in [6.07, 6.45) is 5.74. The Morgan fingerprint density at radius 1 is 1.26 bits per heavy atom. The maximum Gasteiger partial charge on any atom is 0.256 e. The third kappa shape index (κ3) is 2.09. The molecule has 0 aromatic heterocycles. The van der Waals surface area contributed by atoms with Crippen molar-refractivity contribution < 1.29 is 9.18 Å². The van der Waals surface area contributed by atoms with Crippen molar-refractivity contribution in [2.24, 2.45) is 5.92 Å². The SMILES string of the molecule is Nc1c(F)cccc1C(=O)N1CCCC2CCCC21. The zero-order chi connectivity index (χ0) is 13.4. The lowest BCUT2D eigenvalue weighted by molar-refractivity contribution is 0.0549. The van der Waals surface area contributed by atoms with Crippen LogP contribution in [0.3, 0.4) is 0 Å². The highest BCUT2D eigenvalue weighted by atomic mass is 19.1. The summed E-state index contributed by atoms with van der Waals surface area (Å²) in [6, 6.07) is 4.80. The second kappa shape index (κ2) is 4.83. The molecule has 1 saturated carbocycles. The lowest BCUT2D eigenvalue weighted by Crippen LogP contribution is -2.46. The molecule has 1 amide bonds. The highest BCUT2D eigenvalue weighted by molar-refractivity contribution is 5.99. The number of fused-ring (bicyclic) bond motifs is 1. The second-order valence-electron chi connectivity index (χ2n) is 5.60. The zero-order valence-corrected chi connectivity index (χ0v) is 10.9. The molecule has 3 rings (SSSR count). The molecule has 1 aromatic carbocycles. The number of amides is 1. The summed E-state index contributed by atoms with van der Waals surface area (Å²) in [6.45, 7) is 0.774. The first kappa shape index (κ1) is 12.5. The molecule has 1 aromatic rings. The molecule has 102 valence electrons. The first-order valence-electron chi connectivity index (χ1n) is 7.03. The minimum Gasteiger partial charge on any atom is -0.396 e. The Labute approximate surface area is 112 Å². The third-order valence-corrected chi connectivity index (χ3v) is 4.54. The molecular formula is C15H19FN2O. The maximum atomic E-state index is 13.5. The van der Waals surface area contributed by atoms with Gasteiger partial charge in [0.2, 0.25) is 0 Å². The van der Waals surface area contributed by atoms with Gasteiger partial charge >= 0.3 is 0 Å². The number of benzene rings is 1. The van der Waals surface area contributed by atoms with Crippen LogP contribution in [0.1, 0.15) is 42.5 Å². The molecule has 2 atom stereocenters. The van der Waals surface area contributed by atoms with E-state index in [1.807, 2.05) is 4.90 Å². The van der Waals surface area contributed by atoms with Crippen molar-refractivity contribution in [3.8, 4) is 0 Å². The van der Waals surface area contributed by atoms with E-state index in [2.05, 4.69) is 0 Å². The number of carbonyl (C=O) groups is 1. The summed E-state index contributed by atoms with van der Waals surface area (Å²) in [5, 5.41) is 0. The van der Waals surface area contributed by atoms with E-state index in [-0.39, 0.29) is 11.6 Å². The molecule has 1 heterocycles. The highest BCUT2D eigenvalue weighted by Gasteiger charge is 2.38. The van der Waals surface area contributed by atoms with Crippen LogP contribution >= 0.6 is 0 Å². The normalized spacial score (nSPS) is 26.3. The van der Waals surface area contributed by atoms with Gasteiger partial charge in [-0.2, -0.15) is 0 Å². The molecule has 2 aliphatic rings. The van der Waals surface area contributed by atoms with Crippen LogP contribution in [0, 0.1) is 11.7 Å². The number of para-hydroxylation sites is 1. The first-order chi connectivity index (χ1) is 9.18. The first-order valence-corrected chi connectivity index (χ1v) is 7.03. The van der Waals surface area contributed by atoms with Crippen molar-refractivity contribution in [2.75, 3.05) is 12.3 Å². The van der Waals surface area contributed by atoms with E-state index in [1.165, 1.54) is 25.3 Å². The van der Waals surface area contributed by atoms with Gasteiger partial charge in [0.15, 0.2) is 0 Å². The number of rotatable bonds is 1. The average Bonchev–Trinajstić information content (AvgIpc) is 2.89. The number of likely N-dealkylation sites (tertiary alicyclic amines) is 1. The van der Waals surface area contributed by atoms with Gasteiger partial charge in [-0.3, -0.25) is 4.79 Å². The topological polar surface area (TPSA) is 46.3 Å². The molecule has 0 spiro atoms. The van der Waals surface area contributed by atoms with Gasteiger partial charge in [-0.1, -0.05) is 12.5 Å². The molecule has 1 saturated heterocycles. The fourth-order valence-corrected chi connectivity index (χ4v) is 3.58. The van der Waals surface area contributed by atoms with Crippen molar-refractivity contribution in [1.82, 2.24) is 4.90 Å². The summed E-state index contributed by atoms with van der Waals surface area (Å²) in [7, 11) is 0. The zero-order valence-electron chi connectivity index (χ0n) is 10.9. The van der Waals surface area contributed by atoms with Crippen LogP contribution in [0.5, 0.6) is 0 Å². The second-order valence-corrected chi connectivity index (χ2v) is 5.60. The number of piperidine rings is 1. The van der Waals surface area contributed by atoms with Gasteiger partial charge in [-0.05, 0) is 43.7 Å². The molecule has 1 aliphatic heterocycles. The molecule has 4 heteroatoms. The fourth-order valence-electron chi connectivity index (χ4n) is 3.58. The Morgan fingerprint density at radius 3 is 2.89 bits per heavy atom. The Hall–Kier alpha value is -1.58. The predicted octanol–water partition coefficient (Wildman–Crippen LogP) is 2.81. The van der Waals surface area contributed by atoms with Gasteiger partial charge in [0.05, 0.1) is 11.3 Å². The predicted molar refractivity (Wildman–Crippen MR) is 72.2 cm³/mol. The number of anilines is 1. The van der Waals surface area contributed by atoms with Gasteiger partial charge in [0.1, 0.15) is 5.82 Å². The minimum atomic E-state index is -0.508. The molecule has 2 unspecified atom stereocenters. The smallest absolute Gasteiger partial charge is 0.256 e. The van der Waals surface area contributed by atoms with Crippen LogP contribution in [0.2, 0.25) is 0 Å². The van der Waals surface area contributed by atoms with Gasteiger partial charge in [-0.25, -0.2) is 4.39 Å². The van der Waals surface area contributed by atoms with E-state index in [4.69, 9.17) is 5.73 Å². The number of nitrogen functional groups attached to an aromatic ring is 1. The summed E-state index contributed by atoms with van der Waals surface area (Å²) in [5.41, 5.74) is 6.00. The molecule has 0 bridgehead atoms. The van der Waals surface area contributed by atoms with E-state index in [9.17, 15) is 9.18 Å². The van der Waals surface area contributed by atoms with E-state index < -0.39 is 5.82 Å². The number of hydrogen-bond acceptors (Lipinski definition) is 2. The molecule has 2 fully saturated rings. The van der Waals surface area contributed by atoms with Gasteiger partial charge in [-0.15, -0.1) is 0 Å². The number of halogens is 1. The minimum absolute atomic E-state index is 0.0207. The van der Waals surface area contributed by atoms with E-state index >= 15 is 0 Å². The molecule has 19 heavy (non-hydrogen) atoms. The van der Waals surface area contributed by atoms with Crippen LogP contribution < -0.4 is 5.73 Å².